The molecule has 0 radical (unpaired) electrons. The third-order valence-corrected chi connectivity index (χ3v) is 5.00. The predicted molar refractivity (Wildman–Crippen MR) is 101 cm³/mol. The molecule has 0 amide bonds. The number of benzene rings is 4. The summed E-state index contributed by atoms with van der Waals surface area (Å²) in [4.78, 5) is 0. The minimum Gasteiger partial charge on any atom is -0.496 e. The molecule has 4 aromatic carbocycles. The smallest absolute Gasteiger partial charge is 0.170 e. The molecule has 4 aromatic rings. The van der Waals surface area contributed by atoms with Crippen LogP contribution in [0.15, 0.2) is 42.5 Å². The molecular weight excluding hydrogens is 444 g/mol. The van der Waals surface area contributed by atoms with Gasteiger partial charge in [-0.25, -0.2) is 35.1 Å². The summed E-state index contributed by atoms with van der Waals surface area (Å²) in [5.41, 5.74) is -5.26. The Labute approximate surface area is 175 Å². The van der Waals surface area contributed by atoms with Crippen LogP contribution in [0.3, 0.4) is 0 Å². The van der Waals surface area contributed by atoms with Gasteiger partial charge in [-0.1, -0.05) is 24.3 Å². The predicted octanol–water partition coefficient (Wildman–Crippen LogP) is 7.30. The summed E-state index contributed by atoms with van der Waals surface area (Å²) in [5, 5.41) is 0.519. The summed E-state index contributed by atoms with van der Waals surface area (Å²) in [6, 6.07) is 8.30. The fourth-order valence-electron chi connectivity index (χ4n) is 3.55. The molecule has 0 aliphatic rings. The van der Waals surface area contributed by atoms with Crippen molar-refractivity contribution in [1.82, 2.24) is 0 Å². The quantitative estimate of drug-likeness (QED) is 0.233. The van der Waals surface area contributed by atoms with E-state index in [1.807, 2.05) is 0 Å². The molecule has 0 spiro atoms. The van der Waals surface area contributed by atoms with Crippen molar-refractivity contribution in [3.8, 4) is 28.0 Å². The molecule has 32 heavy (non-hydrogen) atoms. The zero-order valence-corrected chi connectivity index (χ0v) is 16.0. The van der Waals surface area contributed by atoms with Crippen molar-refractivity contribution in [2.24, 2.45) is 0 Å². The van der Waals surface area contributed by atoms with E-state index in [1.165, 1.54) is 31.4 Å². The highest BCUT2D eigenvalue weighted by molar-refractivity contribution is 6.00. The molecule has 0 bridgehead atoms. The van der Waals surface area contributed by atoms with E-state index < -0.39 is 63.2 Å². The van der Waals surface area contributed by atoms with Crippen LogP contribution in [0.5, 0.6) is 5.75 Å². The Kier molecular flexibility index (Phi) is 5.28. The van der Waals surface area contributed by atoms with Gasteiger partial charge in [0.15, 0.2) is 46.5 Å². The Balaban J connectivity index is 2.09. The molecule has 0 heterocycles. The second-order valence-electron chi connectivity index (χ2n) is 6.71. The number of rotatable bonds is 3. The van der Waals surface area contributed by atoms with E-state index in [4.69, 9.17) is 4.74 Å². The topological polar surface area (TPSA) is 9.23 Å². The summed E-state index contributed by atoms with van der Waals surface area (Å²) < 4.78 is 120. The standard InChI is InChI=1S/C23H10F8O/c1-32-14-7-6-11(9-4-2-3-5-10(9)14)15-20(28)22(30)17(23(31)21(15)29)16-18(26)12(24)8-13(25)19(16)27/h2-8H,1H3. The first-order valence-electron chi connectivity index (χ1n) is 8.94. The second-order valence-corrected chi connectivity index (χ2v) is 6.71. The zero-order chi connectivity index (χ0) is 23.3. The molecule has 4 rings (SSSR count). The highest BCUT2D eigenvalue weighted by Gasteiger charge is 2.33. The maximum Gasteiger partial charge on any atom is 0.170 e. The fraction of sp³-hybridized carbons (Fsp3) is 0.0435. The van der Waals surface area contributed by atoms with Crippen molar-refractivity contribution in [2.75, 3.05) is 7.11 Å². The van der Waals surface area contributed by atoms with E-state index in [9.17, 15) is 26.3 Å². The summed E-state index contributed by atoms with van der Waals surface area (Å²) in [7, 11) is 1.35. The number of methoxy groups -OCH3 is 1. The second kappa shape index (κ2) is 7.81. The molecular formula is C23H10F8O. The lowest BCUT2D eigenvalue weighted by atomic mass is 9.93. The summed E-state index contributed by atoms with van der Waals surface area (Å²) >= 11 is 0. The fourth-order valence-corrected chi connectivity index (χ4v) is 3.55. The summed E-state index contributed by atoms with van der Waals surface area (Å²) in [6.45, 7) is 0. The van der Waals surface area contributed by atoms with Crippen molar-refractivity contribution in [3.63, 3.8) is 0 Å². The third kappa shape index (κ3) is 3.07. The molecule has 0 N–H and O–H groups in total. The Hall–Kier alpha value is -3.62. The molecule has 0 saturated heterocycles. The van der Waals surface area contributed by atoms with Gasteiger partial charge in [0.2, 0.25) is 0 Å². The number of hydrogen-bond acceptors (Lipinski definition) is 1. The molecule has 0 saturated carbocycles. The average Bonchev–Trinajstić information content (AvgIpc) is 2.78. The van der Waals surface area contributed by atoms with E-state index in [2.05, 4.69) is 0 Å². The van der Waals surface area contributed by atoms with Crippen LogP contribution in [0.25, 0.3) is 33.0 Å². The van der Waals surface area contributed by atoms with Crippen molar-refractivity contribution >= 4 is 10.8 Å². The first-order chi connectivity index (χ1) is 15.2. The monoisotopic (exact) mass is 454 g/mol. The van der Waals surface area contributed by atoms with E-state index >= 15 is 8.78 Å². The number of fused-ring (bicyclic) bond motifs is 1. The van der Waals surface area contributed by atoms with Gasteiger partial charge < -0.3 is 4.74 Å². The highest BCUT2D eigenvalue weighted by Crippen LogP contribution is 2.42. The van der Waals surface area contributed by atoms with Crippen molar-refractivity contribution in [2.45, 2.75) is 0 Å². The van der Waals surface area contributed by atoms with Gasteiger partial charge in [0.25, 0.3) is 0 Å². The van der Waals surface area contributed by atoms with Crippen LogP contribution < -0.4 is 4.74 Å². The van der Waals surface area contributed by atoms with E-state index in [0.29, 0.717) is 11.1 Å². The Morgan fingerprint density at radius 3 is 1.53 bits per heavy atom. The van der Waals surface area contributed by atoms with Crippen LogP contribution in [-0.4, -0.2) is 7.11 Å². The highest BCUT2D eigenvalue weighted by atomic mass is 19.2. The Bertz CT molecular complexity index is 1340. The molecule has 164 valence electrons. The van der Waals surface area contributed by atoms with Gasteiger partial charge in [-0.2, -0.15) is 0 Å². The Morgan fingerprint density at radius 1 is 0.531 bits per heavy atom. The van der Waals surface area contributed by atoms with E-state index in [1.54, 1.807) is 6.07 Å². The summed E-state index contributed by atoms with van der Waals surface area (Å²) in [5.74, 6) is -16.5. The number of ether oxygens (including phenoxy) is 1. The zero-order valence-electron chi connectivity index (χ0n) is 16.0. The van der Waals surface area contributed by atoms with E-state index in [0.717, 1.165) is 6.07 Å². The van der Waals surface area contributed by atoms with Crippen LogP contribution >= 0.6 is 0 Å². The molecule has 0 aromatic heterocycles. The van der Waals surface area contributed by atoms with Crippen LogP contribution in [-0.2, 0) is 0 Å². The van der Waals surface area contributed by atoms with Gasteiger partial charge >= 0.3 is 0 Å². The number of halogens is 8. The van der Waals surface area contributed by atoms with Gasteiger partial charge in [-0.3, -0.25) is 0 Å². The van der Waals surface area contributed by atoms with Gasteiger partial charge in [-0.15, -0.1) is 0 Å². The van der Waals surface area contributed by atoms with Crippen LogP contribution in [0.4, 0.5) is 35.1 Å². The van der Waals surface area contributed by atoms with Crippen molar-refractivity contribution in [3.05, 3.63) is 89.0 Å². The van der Waals surface area contributed by atoms with Gasteiger partial charge in [0.1, 0.15) is 5.75 Å². The minimum absolute atomic E-state index is 0.158. The normalized spacial score (nSPS) is 11.3. The van der Waals surface area contributed by atoms with Crippen LogP contribution in [0, 0.1) is 46.5 Å². The molecule has 0 unspecified atom stereocenters. The van der Waals surface area contributed by atoms with Gasteiger partial charge in [0, 0.05) is 11.5 Å². The van der Waals surface area contributed by atoms with Crippen molar-refractivity contribution < 1.29 is 39.9 Å². The van der Waals surface area contributed by atoms with Crippen LogP contribution in [0.1, 0.15) is 0 Å². The number of hydrogen-bond donors (Lipinski definition) is 0. The minimum atomic E-state index is -2.22. The molecule has 1 nitrogen and oxygen atoms in total. The average molecular weight is 454 g/mol. The first-order valence-corrected chi connectivity index (χ1v) is 8.94. The van der Waals surface area contributed by atoms with Crippen LogP contribution in [0.2, 0.25) is 0 Å². The maximum absolute atomic E-state index is 15.0. The first kappa shape index (κ1) is 21.6. The van der Waals surface area contributed by atoms with Gasteiger partial charge in [-0.05, 0) is 23.1 Å². The molecule has 0 atom stereocenters. The van der Waals surface area contributed by atoms with Gasteiger partial charge in [0.05, 0.1) is 23.8 Å². The maximum atomic E-state index is 15.0. The molecule has 0 aliphatic carbocycles. The SMILES string of the molecule is COc1ccc(-c2c(F)c(F)c(-c3c(F)c(F)cc(F)c3F)c(F)c2F)c2ccccc12. The summed E-state index contributed by atoms with van der Waals surface area (Å²) in [6.07, 6.45) is 0. The molecule has 0 aliphatic heterocycles. The lowest BCUT2D eigenvalue weighted by molar-refractivity contribution is 0.420. The largest absolute Gasteiger partial charge is 0.496 e. The van der Waals surface area contributed by atoms with Crippen molar-refractivity contribution in [1.29, 1.82) is 0 Å². The molecule has 9 heteroatoms. The third-order valence-electron chi connectivity index (χ3n) is 5.00. The van der Waals surface area contributed by atoms with E-state index in [-0.39, 0.29) is 17.0 Å². The lowest BCUT2D eigenvalue weighted by Crippen LogP contribution is -2.08. The Morgan fingerprint density at radius 2 is 1.00 bits per heavy atom. The lowest BCUT2D eigenvalue weighted by Gasteiger charge is -2.16. The molecule has 0 fully saturated rings.